The predicted octanol–water partition coefficient (Wildman–Crippen LogP) is 5.28. The number of benzene rings is 1. The molecular formula is C18H27NO. The van der Waals surface area contributed by atoms with Gasteiger partial charge in [-0.25, -0.2) is 0 Å². The second-order valence-electron chi connectivity index (χ2n) is 7.11. The summed E-state index contributed by atoms with van der Waals surface area (Å²) in [5.41, 5.74) is 2.79. The first-order valence-electron chi connectivity index (χ1n) is 7.76. The Hall–Kier alpha value is -1.31. The van der Waals surface area contributed by atoms with Crippen LogP contribution < -0.4 is 0 Å². The summed E-state index contributed by atoms with van der Waals surface area (Å²) >= 11 is 0. The Balaban J connectivity index is 2.27. The van der Waals surface area contributed by atoms with Crippen LogP contribution in [0.2, 0.25) is 0 Å². The number of phenolic OH excluding ortho intramolecular Hbond substituents is 1. The van der Waals surface area contributed by atoms with E-state index in [0.717, 1.165) is 16.8 Å². The van der Waals surface area contributed by atoms with E-state index in [9.17, 15) is 5.11 Å². The van der Waals surface area contributed by atoms with Gasteiger partial charge in [0.1, 0.15) is 11.4 Å². The molecular weight excluding hydrogens is 246 g/mol. The Kier molecular flexibility index (Phi) is 4.52. The van der Waals surface area contributed by atoms with Crippen molar-refractivity contribution >= 4 is 11.9 Å². The van der Waals surface area contributed by atoms with E-state index in [1.165, 1.54) is 32.1 Å². The molecule has 0 bridgehead atoms. The maximum atomic E-state index is 10.5. The van der Waals surface area contributed by atoms with Crippen LogP contribution >= 0.6 is 0 Å². The lowest BCUT2D eigenvalue weighted by Crippen LogP contribution is -2.11. The second kappa shape index (κ2) is 5.99. The SMILES string of the molecule is Cc1cc(N=CC2CCCCC2)c(O)c(C(C)(C)C)c1. The maximum Gasteiger partial charge on any atom is 0.144 e. The Bertz CT molecular complexity index is 491. The zero-order valence-corrected chi connectivity index (χ0v) is 13.2. The van der Waals surface area contributed by atoms with Crippen molar-refractivity contribution < 1.29 is 5.11 Å². The van der Waals surface area contributed by atoms with Crippen molar-refractivity contribution in [2.24, 2.45) is 10.9 Å². The molecule has 1 aromatic rings. The summed E-state index contributed by atoms with van der Waals surface area (Å²) in [6.07, 6.45) is 8.51. The van der Waals surface area contributed by atoms with Crippen molar-refractivity contribution in [3.8, 4) is 5.75 Å². The van der Waals surface area contributed by atoms with Crippen LogP contribution in [0.25, 0.3) is 0 Å². The van der Waals surface area contributed by atoms with Crippen LogP contribution in [-0.4, -0.2) is 11.3 Å². The molecule has 0 atom stereocenters. The van der Waals surface area contributed by atoms with Gasteiger partial charge in [0.25, 0.3) is 0 Å². The molecule has 0 amide bonds. The third kappa shape index (κ3) is 3.62. The molecule has 1 N–H and O–H groups in total. The smallest absolute Gasteiger partial charge is 0.144 e. The highest BCUT2D eigenvalue weighted by Gasteiger charge is 2.20. The van der Waals surface area contributed by atoms with Gasteiger partial charge in [-0.2, -0.15) is 0 Å². The van der Waals surface area contributed by atoms with Gasteiger partial charge < -0.3 is 5.11 Å². The van der Waals surface area contributed by atoms with Gasteiger partial charge in [-0.15, -0.1) is 0 Å². The number of aryl methyl sites for hydroxylation is 1. The molecule has 0 heterocycles. The van der Waals surface area contributed by atoms with E-state index in [-0.39, 0.29) is 5.41 Å². The van der Waals surface area contributed by atoms with Crippen LogP contribution in [0.1, 0.15) is 64.0 Å². The van der Waals surface area contributed by atoms with Crippen molar-refractivity contribution in [2.45, 2.75) is 65.2 Å². The van der Waals surface area contributed by atoms with Crippen LogP contribution in [-0.2, 0) is 5.41 Å². The van der Waals surface area contributed by atoms with Gasteiger partial charge in [-0.3, -0.25) is 4.99 Å². The topological polar surface area (TPSA) is 32.6 Å². The third-order valence-corrected chi connectivity index (χ3v) is 4.12. The predicted molar refractivity (Wildman–Crippen MR) is 86.3 cm³/mol. The lowest BCUT2D eigenvalue weighted by atomic mass is 9.85. The normalized spacial score (nSPS) is 17.8. The Labute approximate surface area is 122 Å². The van der Waals surface area contributed by atoms with Gasteiger partial charge in [0.05, 0.1) is 0 Å². The summed E-state index contributed by atoms with van der Waals surface area (Å²) in [6.45, 7) is 8.43. The van der Waals surface area contributed by atoms with Gasteiger partial charge in [-0.05, 0) is 42.7 Å². The lowest BCUT2D eigenvalue weighted by molar-refractivity contribution is 0.443. The Morgan fingerprint density at radius 1 is 1.15 bits per heavy atom. The minimum Gasteiger partial charge on any atom is -0.505 e. The highest BCUT2D eigenvalue weighted by molar-refractivity contribution is 5.70. The molecule has 110 valence electrons. The van der Waals surface area contributed by atoms with Gasteiger partial charge in [0.2, 0.25) is 0 Å². The minimum absolute atomic E-state index is 0.0643. The zero-order valence-electron chi connectivity index (χ0n) is 13.2. The summed E-state index contributed by atoms with van der Waals surface area (Å²) in [5, 5.41) is 10.5. The highest BCUT2D eigenvalue weighted by atomic mass is 16.3. The first-order chi connectivity index (χ1) is 9.38. The first-order valence-corrected chi connectivity index (χ1v) is 7.76. The standard InChI is InChI=1S/C18H27NO/c1-13-10-15(18(2,3)4)17(20)16(11-13)19-12-14-8-6-5-7-9-14/h10-12,14,20H,5-9H2,1-4H3. The highest BCUT2D eigenvalue weighted by Crippen LogP contribution is 2.39. The average molecular weight is 273 g/mol. The summed E-state index contributed by atoms with van der Waals surface area (Å²) < 4.78 is 0. The number of nitrogens with zero attached hydrogens (tertiary/aromatic N) is 1. The molecule has 0 radical (unpaired) electrons. The molecule has 0 saturated heterocycles. The van der Waals surface area contributed by atoms with Crippen LogP contribution in [0.3, 0.4) is 0 Å². The number of hydrogen-bond acceptors (Lipinski definition) is 2. The maximum absolute atomic E-state index is 10.5. The molecule has 2 nitrogen and oxygen atoms in total. The van der Waals surface area contributed by atoms with Crippen LogP contribution in [0.5, 0.6) is 5.75 Å². The van der Waals surface area contributed by atoms with E-state index in [0.29, 0.717) is 11.7 Å². The molecule has 1 saturated carbocycles. The van der Waals surface area contributed by atoms with E-state index in [4.69, 9.17) is 0 Å². The Morgan fingerprint density at radius 3 is 2.40 bits per heavy atom. The van der Waals surface area contributed by atoms with Gasteiger partial charge in [-0.1, -0.05) is 46.1 Å². The van der Waals surface area contributed by atoms with Crippen molar-refractivity contribution in [1.82, 2.24) is 0 Å². The molecule has 0 unspecified atom stereocenters. The largest absolute Gasteiger partial charge is 0.505 e. The fraction of sp³-hybridized carbons (Fsp3) is 0.611. The van der Waals surface area contributed by atoms with Crippen LogP contribution in [0.4, 0.5) is 5.69 Å². The number of aromatic hydroxyl groups is 1. The summed E-state index contributed by atoms with van der Waals surface area (Å²) in [6, 6.07) is 4.04. The molecule has 0 aromatic heterocycles. The fourth-order valence-electron chi connectivity index (χ4n) is 2.90. The molecule has 2 heteroatoms. The molecule has 1 aliphatic carbocycles. The fourth-order valence-corrected chi connectivity index (χ4v) is 2.90. The molecule has 1 aliphatic rings. The third-order valence-electron chi connectivity index (χ3n) is 4.12. The van der Waals surface area contributed by atoms with E-state index < -0.39 is 0 Å². The number of rotatable bonds is 2. The van der Waals surface area contributed by atoms with Gasteiger partial charge >= 0.3 is 0 Å². The molecule has 1 fully saturated rings. The molecule has 2 rings (SSSR count). The van der Waals surface area contributed by atoms with E-state index in [1.807, 2.05) is 6.07 Å². The summed E-state index contributed by atoms with van der Waals surface area (Å²) in [5.74, 6) is 0.928. The number of aliphatic imine (C=N–C) groups is 1. The van der Waals surface area contributed by atoms with Crippen LogP contribution in [0, 0.1) is 12.8 Å². The monoisotopic (exact) mass is 273 g/mol. The van der Waals surface area contributed by atoms with E-state index in [2.05, 4.69) is 45.0 Å². The zero-order chi connectivity index (χ0) is 14.8. The lowest BCUT2D eigenvalue weighted by Gasteiger charge is -2.22. The van der Waals surface area contributed by atoms with Gasteiger partial charge in [0.15, 0.2) is 0 Å². The van der Waals surface area contributed by atoms with Crippen molar-refractivity contribution in [3.05, 3.63) is 23.3 Å². The van der Waals surface area contributed by atoms with Crippen molar-refractivity contribution in [1.29, 1.82) is 0 Å². The number of hydrogen-bond donors (Lipinski definition) is 1. The summed E-state index contributed by atoms with van der Waals surface area (Å²) in [7, 11) is 0. The van der Waals surface area contributed by atoms with Crippen molar-refractivity contribution in [3.63, 3.8) is 0 Å². The van der Waals surface area contributed by atoms with E-state index >= 15 is 0 Å². The molecule has 20 heavy (non-hydrogen) atoms. The summed E-state index contributed by atoms with van der Waals surface area (Å²) in [4.78, 5) is 4.59. The number of phenols is 1. The minimum atomic E-state index is -0.0643. The molecule has 0 aliphatic heterocycles. The quantitative estimate of drug-likeness (QED) is 0.730. The average Bonchev–Trinajstić information content (AvgIpc) is 2.39. The first kappa shape index (κ1) is 15.1. The Morgan fingerprint density at radius 2 is 1.80 bits per heavy atom. The van der Waals surface area contributed by atoms with Crippen molar-refractivity contribution in [2.75, 3.05) is 0 Å². The second-order valence-corrected chi connectivity index (χ2v) is 7.11. The molecule has 0 spiro atoms. The van der Waals surface area contributed by atoms with Crippen LogP contribution in [0.15, 0.2) is 17.1 Å². The molecule has 1 aromatic carbocycles. The van der Waals surface area contributed by atoms with E-state index in [1.54, 1.807) is 0 Å². The van der Waals surface area contributed by atoms with Gasteiger partial charge in [0, 0.05) is 11.8 Å².